The number of aliphatic carboxylic acids is 1. The van der Waals surface area contributed by atoms with Gasteiger partial charge in [-0.2, -0.15) is 0 Å². The van der Waals surface area contributed by atoms with E-state index in [-0.39, 0.29) is 12.2 Å². The molecule has 0 spiro atoms. The highest BCUT2D eigenvalue weighted by atomic mass is 79.9. The van der Waals surface area contributed by atoms with Gasteiger partial charge in [0.1, 0.15) is 5.82 Å². The van der Waals surface area contributed by atoms with Crippen LogP contribution in [0.5, 0.6) is 0 Å². The van der Waals surface area contributed by atoms with Crippen molar-refractivity contribution in [2.45, 2.75) is 19.8 Å². The third-order valence-corrected chi connectivity index (χ3v) is 4.16. The molecule has 0 radical (unpaired) electrons. The van der Waals surface area contributed by atoms with Gasteiger partial charge >= 0.3 is 12.0 Å². The van der Waals surface area contributed by atoms with E-state index in [9.17, 15) is 19.1 Å². The number of hydrogen-bond donors (Lipinski definition) is 2. The molecule has 1 unspecified atom stereocenters. The minimum Gasteiger partial charge on any atom is -0.481 e. The Bertz CT molecular complexity index is 581. The van der Waals surface area contributed by atoms with Crippen molar-refractivity contribution in [3.05, 3.63) is 28.5 Å². The molecule has 2 rings (SSSR count). The first-order valence-corrected chi connectivity index (χ1v) is 7.35. The molecule has 114 valence electrons. The summed E-state index contributed by atoms with van der Waals surface area (Å²) >= 11 is 3.21. The molecule has 1 aliphatic heterocycles. The van der Waals surface area contributed by atoms with Crippen LogP contribution in [0.3, 0.4) is 0 Å². The molecular formula is C14H16BrFN2O3. The van der Waals surface area contributed by atoms with Gasteiger partial charge in [-0.05, 0) is 38.0 Å². The number of nitrogens with zero attached hydrogens (tertiary/aromatic N) is 1. The number of anilines is 1. The standard InChI is InChI=1S/C14H16BrFN2O3/c1-14(12(19)20)5-2-6-18(8-14)13(21)17-11-7-9(15)3-4-10(11)16/h3-4,7H,2,5-6,8H2,1H3,(H,17,21)(H,19,20). The average Bonchev–Trinajstić information content (AvgIpc) is 2.42. The normalized spacial score (nSPS) is 22.0. The number of nitrogens with one attached hydrogen (secondary N) is 1. The number of carbonyl (C=O) groups is 2. The SMILES string of the molecule is CC1(C(=O)O)CCCN(C(=O)Nc2cc(Br)ccc2F)C1. The van der Waals surface area contributed by atoms with E-state index >= 15 is 0 Å². The zero-order chi connectivity index (χ0) is 15.6. The number of rotatable bonds is 2. The van der Waals surface area contributed by atoms with Gasteiger partial charge in [-0.1, -0.05) is 15.9 Å². The van der Waals surface area contributed by atoms with Crippen LogP contribution in [0.4, 0.5) is 14.9 Å². The van der Waals surface area contributed by atoms with Crippen LogP contribution in [-0.2, 0) is 4.79 Å². The maximum absolute atomic E-state index is 13.6. The molecule has 0 saturated carbocycles. The largest absolute Gasteiger partial charge is 0.481 e. The smallest absolute Gasteiger partial charge is 0.321 e. The van der Waals surface area contributed by atoms with Gasteiger partial charge in [-0.25, -0.2) is 9.18 Å². The molecule has 1 aromatic carbocycles. The minimum absolute atomic E-state index is 0.0666. The summed E-state index contributed by atoms with van der Waals surface area (Å²) in [6.45, 7) is 2.20. The first-order chi connectivity index (χ1) is 9.82. The summed E-state index contributed by atoms with van der Waals surface area (Å²) in [4.78, 5) is 24.9. The van der Waals surface area contributed by atoms with Crippen molar-refractivity contribution in [1.29, 1.82) is 0 Å². The Morgan fingerprint density at radius 3 is 2.86 bits per heavy atom. The van der Waals surface area contributed by atoms with E-state index in [1.54, 1.807) is 6.92 Å². The Morgan fingerprint density at radius 1 is 1.48 bits per heavy atom. The van der Waals surface area contributed by atoms with Crippen LogP contribution < -0.4 is 5.32 Å². The van der Waals surface area contributed by atoms with Crippen molar-refractivity contribution in [3.63, 3.8) is 0 Å². The molecule has 1 aliphatic rings. The molecule has 2 amide bonds. The molecular weight excluding hydrogens is 343 g/mol. The van der Waals surface area contributed by atoms with Gasteiger partial charge in [-0.3, -0.25) is 4.79 Å². The van der Waals surface area contributed by atoms with Gasteiger partial charge in [0.05, 0.1) is 11.1 Å². The van der Waals surface area contributed by atoms with Crippen LogP contribution in [0, 0.1) is 11.2 Å². The Kier molecular flexibility index (Phi) is 4.51. The lowest BCUT2D eigenvalue weighted by Crippen LogP contribution is -2.49. The summed E-state index contributed by atoms with van der Waals surface area (Å²) < 4.78 is 14.3. The highest BCUT2D eigenvalue weighted by Gasteiger charge is 2.39. The van der Waals surface area contributed by atoms with Gasteiger partial charge in [0.25, 0.3) is 0 Å². The summed E-state index contributed by atoms with van der Waals surface area (Å²) in [7, 11) is 0. The van der Waals surface area contributed by atoms with E-state index in [2.05, 4.69) is 21.2 Å². The van der Waals surface area contributed by atoms with E-state index in [1.807, 2.05) is 0 Å². The third kappa shape index (κ3) is 3.53. The Balaban J connectivity index is 2.10. The van der Waals surface area contributed by atoms with Crippen LogP contribution in [0.1, 0.15) is 19.8 Å². The lowest BCUT2D eigenvalue weighted by Gasteiger charge is -2.37. The van der Waals surface area contributed by atoms with E-state index < -0.39 is 23.2 Å². The van der Waals surface area contributed by atoms with E-state index in [0.29, 0.717) is 23.9 Å². The first-order valence-electron chi connectivity index (χ1n) is 6.56. The maximum Gasteiger partial charge on any atom is 0.321 e. The second-order valence-corrected chi connectivity index (χ2v) is 6.36. The van der Waals surface area contributed by atoms with Crippen LogP contribution in [-0.4, -0.2) is 35.1 Å². The number of piperidine rings is 1. The van der Waals surface area contributed by atoms with Crippen molar-refractivity contribution in [2.75, 3.05) is 18.4 Å². The topological polar surface area (TPSA) is 69.6 Å². The maximum atomic E-state index is 13.6. The van der Waals surface area contributed by atoms with Crippen LogP contribution in [0.15, 0.2) is 22.7 Å². The van der Waals surface area contributed by atoms with Crippen LogP contribution in [0.2, 0.25) is 0 Å². The predicted molar refractivity (Wildman–Crippen MR) is 79.7 cm³/mol. The molecule has 7 heteroatoms. The number of carbonyl (C=O) groups excluding carboxylic acids is 1. The average molecular weight is 359 g/mol. The number of benzene rings is 1. The van der Waals surface area contributed by atoms with Crippen LogP contribution in [0.25, 0.3) is 0 Å². The zero-order valence-corrected chi connectivity index (χ0v) is 13.1. The molecule has 0 aromatic heterocycles. The third-order valence-electron chi connectivity index (χ3n) is 3.67. The molecule has 0 aliphatic carbocycles. The number of halogens is 2. The lowest BCUT2D eigenvalue weighted by molar-refractivity contribution is -0.150. The molecule has 1 heterocycles. The number of carboxylic acids is 1. The number of carboxylic acid groups (broad SMARTS) is 1. The van der Waals surface area contributed by atoms with E-state index in [4.69, 9.17) is 0 Å². The van der Waals surface area contributed by atoms with E-state index in [0.717, 1.165) is 0 Å². The number of urea groups is 1. The monoisotopic (exact) mass is 358 g/mol. The van der Waals surface area contributed by atoms with Crippen molar-refractivity contribution < 1.29 is 19.1 Å². The molecule has 0 bridgehead atoms. The van der Waals surface area contributed by atoms with Crippen LogP contribution >= 0.6 is 15.9 Å². The number of likely N-dealkylation sites (tertiary alicyclic amines) is 1. The highest BCUT2D eigenvalue weighted by molar-refractivity contribution is 9.10. The highest BCUT2D eigenvalue weighted by Crippen LogP contribution is 2.30. The van der Waals surface area contributed by atoms with Gasteiger partial charge in [-0.15, -0.1) is 0 Å². The fourth-order valence-electron chi connectivity index (χ4n) is 2.37. The number of hydrogen-bond acceptors (Lipinski definition) is 2. The van der Waals surface area contributed by atoms with Crippen molar-refractivity contribution in [3.8, 4) is 0 Å². The fourth-order valence-corrected chi connectivity index (χ4v) is 2.74. The Morgan fingerprint density at radius 2 is 2.19 bits per heavy atom. The molecule has 1 aromatic rings. The second kappa shape index (κ2) is 6.01. The molecule has 1 atom stereocenters. The van der Waals surface area contributed by atoms with Gasteiger partial charge in [0.15, 0.2) is 0 Å². The Labute approximate surface area is 130 Å². The van der Waals surface area contributed by atoms with E-state index in [1.165, 1.54) is 23.1 Å². The summed E-state index contributed by atoms with van der Waals surface area (Å²) in [5.41, 5.74) is -0.886. The van der Waals surface area contributed by atoms with Crippen molar-refractivity contribution in [1.82, 2.24) is 4.90 Å². The quantitative estimate of drug-likeness (QED) is 0.851. The predicted octanol–water partition coefficient (Wildman–Crippen LogP) is 3.31. The summed E-state index contributed by atoms with van der Waals surface area (Å²) in [5.74, 6) is -1.46. The minimum atomic E-state index is -0.953. The molecule has 1 fully saturated rings. The summed E-state index contributed by atoms with van der Waals surface area (Å²) in [6, 6.07) is 3.76. The lowest BCUT2D eigenvalue weighted by atomic mass is 9.82. The Hall–Kier alpha value is -1.63. The van der Waals surface area contributed by atoms with Gasteiger partial charge in [0, 0.05) is 17.6 Å². The van der Waals surface area contributed by atoms with Crippen molar-refractivity contribution >= 4 is 33.6 Å². The van der Waals surface area contributed by atoms with Gasteiger partial charge in [0.2, 0.25) is 0 Å². The molecule has 21 heavy (non-hydrogen) atoms. The molecule has 2 N–H and O–H groups in total. The fraction of sp³-hybridized carbons (Fsp3) is 0.429. The summed E-state index contributed by atoms with van der Waals surface area (Å²) in [6.07, 6.45) is 1.13. The molecule has 1 saturated heterocycles. The van der Waals surface area contributed by atoms with Crippen molar-refractivity contribution in [2.24, 2.45) is 5.41 Å². The van der Waals surface area contributed by atoms with Gasteiger partial charge < -0.3 is 15.3 Å². The number of amides is 2. The first kappa shape index (κ1) is 15.8. The molecule has 5 nitrogen and oxygen atoms in total. The second-order valence-electron chi connectivity index (χ2n) is 5.45. The summed E-state index contributed by atoms with van der Waals surface area (Å²) in [5, 5.41) is 11.7. The zero-order valence-electron chi connectivity index (χ0n) is 11.5.